The Hall–Kier alpha value is -4.10. The number of nitrogens with zero attached hydrogens (tertiary/aromatic N) is 4. The maximum atomic E-state index is 11.0. The van der Waals surface area contributed by atoms with Crippen LogP contribution in [0.4, 0.5) is 11.4 Å². The normalized spacial score (nSPS) is 13.8. The molecule has 0 saturated carbocycles. The van der Waals surface area contributed by atoms with Gasteiger partial charge < -0.3 is 9.64 Å². The maximum absolute atomic E-state index is 11.0. The molecule has 0 radical (unpaired) electrons. The van der Waals surface area contributed by atoms with Crippen LogP contribution in [-0.2, 0) is 0 Å². The predicted octanol–water partition coefficient (Wildman–Crippen LogP) is 5.04. The molecule has 0 unspecified atom stereocenters. The minimum absolute atomic E-state index is 0.0468. The van der Waals surface area contributed by atoms with Gasteiger partial charge in [0.15, 0.2) is 0 Å². The predicted molar refractivity (Wildman–Crippen MR) is 115 cm³/mol. The van der Waals surface area contributed by atoms with E-state index in [4.69, 9.17) is 4.74 Å². The van der Waals surface area contributed by atoms with E-state index in [1.165, 1.54) is 18.2 Å². The maximum Gasteiger partial charge on any atom is 0.270 e. The van der Waals surface area contributed by atoms with E-state index in [0.717, 1.165) is 29.9 Å². The number of hydrogen-bond donors (Lipinski definition) is 0. The van der Waals surface area contributed by atoms with E-state index >= 15 is 0 Å². The number of anilines is 1. The highest BCUT2D eigenvalue weighted by Gasteiger charge is 2.22. The molecule has 7 nitrogen and oxygen atoms in total. The minimum Gasteiger partial charge on any atom is -0.455 e. The summed E-state index contributed by atoms with van der Waals surface area (Å²) in [6.45, 7) is 7.78. The van der Waals surface area contributed by atoms with E-state index in [1.807, 2.05) is 31.2 Å². The molecule has 0 N–H and O–H groups in total. The van der Waals surface area contributed by atoms with Crippen LogP contribution in [0.5, 0.6) is 5.75 Å². The van der Waals surface area contributed by atoms with Crippen LogP contribution in [0, 0.1) is 32.8 Å². The summed E-state index contributed by atoms with van der Waals surface area (Å²) in [6, 6.07) is 13.9. The van der Waals surface area contributed by atoms with E-state index < -0.39 is 4.92 Å². The van der Waals surface area contributed by atoms with Crippen molar-refractivity contribution in [2.45, 2.75) is 20.8 Å². The Morgan fingerprint density at radius 2 is 1.90 bits per heavy atom. The lowest BCUT2D eigenvalue weighted by atomic mass is 9.96. The Balaban J connectivity index is 2.13. The van der Waals surface area contributed by atoms with E-state index in [-0.39, 0.29) is 16.8 Å². The minimum atomic E-state index is -0.573. The van der Waals surface area contributed by atoms with Crippen molar-refractivity contribution in [2.24, 2.45) is 0 Å². The van der Waals surface area contributed by atoms with Crippen LogP contribution < -0.4 is 9.64 Å². The molecule has 150 valence electrons. The molecule has 0 spiro atoms. The van der Waals surface area contributed by atoms with Crippen molar-refractivity contribution >= 4 is 22.5 Å². The molecular weight excluding hydrogens is 380 g/mol. The lowest BCUT2D eigenvalue weighted by molar-refractivity contribution is -0.384. The SMILES string of the molecule is CCN(CC)c1ccc2c(c1)O/C(=C(\C#N)c1ccc([N+](=O)[O-])cc1C#N)C=C2C. The molecule has 0 atom stereocenters. The second-order valence-corrected chi connectivity index (χ2v) is 6.73. The van der Waals surface area contributed by atoms with Crippen LogP contribution in [0.3, 0.4) is 0 Å². The second kappa shape index (κ2) is 8.50. The van der Waals surface area contributed by atoms with Crippen molar-refractivity contribution in [3.8, 4) is 17.9 Å². The number of fused-ring (bicyclic) bond motifs is 1. The highest BCUT2D eigenvalue weighted by Crippen LogP contribution is 2.38. The van der Waals surface area contributed by atoms with Crippen molar-refractivity contribution in [3.63, 3.8) is 0 Å². The number of nitriles is 2. The summed E-state index contributed by atoms with van der Waals surface area (Å²) in [5, 5.41) is 30.3. The topological polar surface area (TPSA) is 103 Å². The Labute approximate surface area is 174 Å². The van der Waals surface area contributed by atoms with E-state index in [0.29, 0.717) is 17.1 Å². The Kier molecular flexibility index (Phi) is 5.85. The second-order valence-electron chi connectivity index (χ2n) is 6.73. The number of nitro groups is 1. The van der Waals surface area contributed by atoms with Crippen LogP contribution in [-0.4, -0.2) is 18.0 Å². The molecule has 0 bridgehead atoms. The number of allylic oxidation sites excluding steroid dienone is 3. The molecule has 0 aromatic heterocycles. The standard InChI is InChI=1S/C23H20N4O3/c1-4-26(5-2)17-6-8-19-15(3)10-22(30-23(19)12-17)21(14-25)20-9-7-18(27(28)29)11-16(20)13-24/h6-12H,4-5H2,1-3H3/b22-21+. The zero-order valence-electron chi connectivity index (χ0n) is 17.0. The summed E-state index contributed by atoms with van der Waals surface area (Å²) in [5.74, 6) is 0.937. The van der Waals surface area contributed by atoms with Crippen molar-refractivity contribution in [1.82, 2.24) is 0 Å². The van der Waals surface area contributed by atoms with Crippen LogP contribution in [0.1, 0.15) is 37.5 Å². The highest BCUT2D eigenvalue weighted by atomic mass is 16.6. The van der Waals surface area contributed by atoms with Crippen LogP contribution in [0.2, 0.25) is 0 Å². The quantitative estimate of drug-likeness (QED) is 0.395. The van der Waals surface area contributed by atoms with Crippen molar-refractivity contribution < 1.29 is 9.66 Å². The van der Waals surface area contributed by atoms with Gasteiger partial charge in [0.05, 0.1) is 10.5 Å². The first kappa shape index (κ1) is 20.6. The first-order valence-corrected chi connectivity index (χ1v) is 9.52. The monoisotopic (exact) mass is 400 g/mol. The zero-order valence-corrected chi connectivity index (χ0v) is 17.0. The Morgan fingerprint density at radius 3 is 2.50 bits per heavy atom. The Morgan fingerprint density at radius 1 is 1.17 bits per heavy atom. The zero-order chi connectivity index (χ0) is 21.8. The van der Waals surface area contributed by atoms with Crippen LogP contribution in [0.25, 0.3) is 11.1 Å². The van der Waals surface area contributed by atoms with Crippen LogP contribution in [0.15, 0.2) is 48.2 Å². The van der Waals surface area contributed by atoms with Gasteiger partial charge in [0, 0.05) is 48.1 Å². The molecule has 30 heavy (non-hydrogen) atoms. The van der Waals surface area contributed by atoms with Gasteiger partial charge in [-0.2, -0.15) is 10.5 Å². The van der Waals surface area contributed by atoms with Gasteiger partial charge >= 0.3 is 0 Å². The number of nitro benzene ring substituents is 1. The van der Waals surface area contributed by atoms with Crippen molar-refractivity contribution in [3.05, 3.63) is 75.0 Å². The summed E-state index contributed by atoms with van der Waals surface area (Å²) in [7, 11) is 0. The number of hydrogen-bond acceptors (Lipinski definition) is 6. The lowest BCUT2D eigenvalue weighted by Gasteiger charge is -2.25. The molecule has 0 saturated heterocycles. The van der Waals surface area contributed by atoms with Gasteiger partial charge in [0.2, 0.25) is 0 Å². The van der Waals surface area contributed by atoms with Crippen LogP contribution >= 0.6 is 0 Å². The number of ether oxygens (including phenoxy) is 1. The summed E-state index contributed by atoms with van der Waals surface area (Å²) in [6.07, 6.45) is 1.75. The largest absolute Gasteiger partial charge is 0.455 e. The molecule has 0 fully saturated rings. The summed E-state index contributed by atoms with van der Waals surface area (Å²) in [4.78, 5) is 12.6. The van der Waals surface area contributed by atoms with Gasteiger partial charge in [-0.05, 0) is 50.6 Å². The molecule has 2 aromatic rings. The third kappa shape index (κ3) is 3.74. The smallest absolute Gasteiger partial charge is 0.270 e. The molecule has 2 aromatic carbocycles. The molecule has 0 amide bonds. The molecule has 1 aliphatic heterocycles. The van der Waals surface area contributed by atoms with Crippen molar-refractivity contribution in [1.29, 1.82) is 10.5 Å². The molecule has 1 aliphatic rings. The van der Waals surface area contributed by atoms with Gasteiger partial charge in [-0.1, -0.05) is 0 Å². The van der Waals surface area contributed by atoms with Gasteiger partial charge in [-0.15, -0.1) is 0 Å². The molecule has 7 heteroatoms. The van der Waals surface area contributed by atoms with Gasteiger partial charge in [0.25, 0.3) is 5.69 Å². The molecular formula is C23H20N4O3. The molecule has 3 rings (SSSR count). The number of benzene rings is 2. The third-order valence-electron chi connectivity index (χ3n) is 5.05. The van der Waals surface area contributed by atoms with Crippen molar-refractivity contribution in [2.75, 3.05) is 18.0 Å². The molecule has 0 aliphatic carbocycles. The Bertz CT molecular complexity index is 1160. The summed E-state index contributed by atoms with van der Waals surface area (Å²) < 4.78 is 6.08. The van der Waals surface area contributed by atoms with Gasteiger partial charge in [0.1, 0.15) is 29.2 Å². The summed E-state index contributed by atoms with van der Waals surface area (Å²) in [5.41, 5.74) is 3.15. The van der Waals surface area contributed by atoms with Gasteiger partial charge in [-0.3, -0.25) is 10.1 Å². The van der Waals surface area contributed by atoms with E-state index in [9.17, 15) is 20.6 Å². The van der Waals surface area contributed by atoms with E-state index in [1.54, 1.807) is 6.08 Å². The summed E-state index contributed by atoms with van der Waals surface area (Å²) >= 11 is 0. The first-order chi connectivity index (χ1) is 14.4. The first-order valence-electron chi connectivity index (χ1n) is 9.52. The fourth-order valence-corrected chi connectivity index (χ4v) is 3.46. The lowest BCUT2D eigenvalue weighted by Crippen LogP contribution is -2.22. The third-order valence-corrected chi connectivity index (χ3v) is 5.05. The average Bonchev–Trinajstić information content (AvgIpc) is 2.75. The average molecular weight is 400 g/mol. The fourth-order valence-electron chi connectivity index (χ4n) is 3.46. The number of rotatable bonds is 5. The number of non-ortho nitro benzene ring substituents is 1. The van der Waals surface area contributed by atoms with Gasteiger partial charge in [-0.25, -0.2) is 0 Å². The fraction of sp³-hybridized carbons (Fsp3) is 0.217. The van der Waals surface area contributed by atoms with E-state index in [2.05, 4.69) is 24.8 Å². The highest BCUT2D eigenvalue weighted by molar-refractivity contribution is 5.87. The molecule has 1 heterocycles.